The quantitative estimate of drug-likeness (QED) is 0.863. The molecule has 92 valence electrons. The molecule has 2 rings (SSSR count). The lowest BCUT2D eigenvalue weighted by atomic mass is 9.95. The van der Waals surface area contributed by atoms with Gasteiger partial charge in [0.1, 0.15) is 0 Å². The van der Waals surface area contributed by atoms with Gasteiger partial charge in [-0.2, -0.15) is 0 Å². The van der Waals surface area contributed by atoms with Crippen molar-refractivity contribution in [1.29, 1.82) is 0 Å². The van der Waals surface area contributed by atoms with Gasteiger partial charge in [-0.3, -0.25) is 4.79 Å². The van der Waals surface area contributed by atoms with Crippen LogP contribution in [-0.4, -0.2) is 29.9 Å². The minimum absolute atomic E-state index is 0.0125. The maximum Gasteiger partial charge on any atom is 0.230 e. The largest absolute Gasteiger partial charge is 0.341 e. The third-order valence-corrected chi connectivity index (χ3v) is 3.44. The Balaban J connectivity index is 2.11. The number of hydrogen-bond acceptors (Lipinski definition) is 2. The SMILES string of the molecule is CCC(C(=O)N1CCC(N)C1)c1ccccc1. The molecule has 2 atom stereocenters. The van der Waals surface area contributed by atoms with Crippen molar-refractivity contribution in [2.24, 2.45) is 5.73 Å². The van der Waals surface area contributed by atoms with Gasteiger partial charge in [0.25, 0.3) is 0 Å². The van der Waals surface area contributed by atoms with Crippen LogP contribution in [0.1, 0.15) is 31.2 Å². The van der Waals surface area contributed by atoms with Crippen LogP contribution in [0.25, 0.3) is 0 Å². The summed E-state index contributed by atoms with van der Waals surface area (Å²) in [5.41, 5.74) is 6.96. The van der Waals surface area contributed by atoms with Crippen LogP contribution in [0.2, 0.25) is 0 Å². The van der Waals surface area contributed by atoms with E-state index in [4.69, 9.17) is 5.73 Å². The summed E-state index contributed by atoms with van der Waals surface area (Å²) in [4.78, 5) is 14.3. The smallest absolute Gasteiger partial charge is 0.230 e. The van der Waals surface area contributed by atoms with Crippen molar-refractivity contribution in [3.05, 3.63) is 35.9 Å². The molecule has 0 radical (unpaired) electrons. The van der Waals surface area contributed by atoms with Gasteiger partial charge in [0.15, 0.2) is 0 Å². The van der Waals surface area contributed by atoms with E-state index in [0.29, 0.717) is 6.54 Å². The lowest BCUT2D eigenvalue weighted by Crippen LogP contribution is -2.35. The monoisotopic (exact) mass is 232 g/mol. The maximum atomic E-state index is 12.4. The van der Waals surface area contributed by atoms with Crippen molar-refractivity contribution >= 4 is 5.91 Å². The van der Waals surface area contributed by atoms with E-state index in [1.807, 2.05) is 35.2 Å². The second kappa shape index (κ2) is 5.32. The second-order valence-electron chi connectivity index (χ2n) is 4.70. The summed E-state index contributed by atoms with van der Waals surface area (Å²) in [5.74, 6) is 0.216. The van der Waals surface area contributed by atoms with E-state index >= 15 is 0 Å². The first kappa shape index (κ1) is 12.1. The van der Waals surface area contributed by atoms with Gasteiger partial charge in [0.2, 0.25) is 5.91 Å². The average Bonchev–Trinajstić information content (AvgIpc) is 2.78. The van der Waals surface area contributed by atoms with Gasteiger partial charge in [-0.25, -0.2) is 0 Å². The summed E-state index contributed by atoms with van der Waals surface area (Å²) in [6.45, 7) is 3.58. The fourth-order valence-electron chi connectivity index (χ4n) is 2.45. The number of rotatable bonds is 3. The summed E-state index contributed by atoms with van der Waals surface area (Å²) in [5, 5.41) is 0. The Morgan fingerprint density at radius 2 is 2.18 bits per heavy atom. The Morgan fingerprint density at radius 1 is 1.47 bits per heavy atom. The molecule has 1 saturated heterocycles. The van der Waals surface area contributed by atoms with Crippen LogP contribution in [0.15, 0.2) is 30.3 Å². The molecule has 2 unspecified atom stereocenters. The van der Waals surface area contributed by atoms with E-state index in [-0.39, 0.29) is 17.9 Å². The highest BCUT2D eigenvalue weighted by Crippen LogP contribution is 2.23. The molecule has 1 fully saturated rings. The summed E-state index contributed by atoms with van der Waals surface area (Å²) < 4.78 is 0. The van der Waals surface area contributed by atoms with E-state index < -0.39 is 0 Å². The van der Waals surface area contributed by atoms with Gasteiger partial charge in [0.05, 0.1) is 5.92 Å². The van der Waals surface area contributed by atoms with Crippen molar-refractivity contribution in [3.8, 4) is 0 Å². The molecule has 0 spiro atoms. The molecule has 1 aliphatic heterocycles. The third kappa shape index (κ3) is 2.67. The van der Waals surface area contributed by atoms with Gasteiger partial charge < -0.3 is 10.6 Å². The Kier molecular flexibility index (Phi) is 3.79. The number of benzene rings is 1. The molecule has 1 aromatic carbocycles. The van der Waals surface area contributed by atoms with Crippen LogP contribution < -0.4 is 5.73 Å². The summed E-state index contributed by atoms with van der Waals surface area (Å²) >= 11 is 0. The fraction of sp³-hybridized carbons (Fsp3) is 0.500. The highest BCUT2D eigenvalue weighted by atomic mass is 16.2. The first-order valence-corrected chi connectivity index (χ1v) is 6.31. The number of carbonyl (C=O) groups is 1. The molecule has 3 heteroatoms. The molecule has 3 nitrogen and oxygen atoms in total. The predicted molar refractivity (Wildman–Crippen MR) is 68.6 cm³/mol. The van der Waals surface area contributed by atoms with Crippen LogP contribution in [0.5, 0.6) is 0 Å². The molecular formula is C14H20N2O. The first-order chi connectivity index (χ1) is 8.22. The minimum Gasteiger partial charge on any atom is -0.341 e. The van der Waals surface area contributed by atoms with E-state index in [1.54, 1.807) is 0 Å². The molecule has 1 aliphatic rings. The predicted octanol–water partition coefficient (Wildman–Crippen LogP) is 1.74. The molecule has 0 aromatic heterocycles. The van der Waals surface area contributed by atoms with E-state index in [9.17, 15) is 4.79 Å². The minimum atomic E-state index is -0.0125. The zero-order valence-corrected chi connectivity index (χ0v) is 10.3. The van der Waals surface area contributed by atoms with Gasteiger partial charge in [-0.1, -0.05) is 37.3 Å². The maximum absolute atomic E-state index is 12.4. The number of nitrogens with zero attached hydrogens (tertiary/aromatic N) is 1. The van der Waals surface area contributed by atoms with Crippen molar-refractivity contribution < 1.29 is 4.79 Å². The Labute approximate surface area is 103 Å². The van der Waals surface area contributed by atoms with Crippen LogP contribution in [-0.2, 0) is 4.79 Å². The lowest BCUT2D eigenvalue weighted by Gasteiger charge is -2.22. The molecule has 1 amide bonds. The van der Waals surface area contributed by atoms with E-state index in [1.165, 1.54) is 0 Å². The van der Waals surface area contributed by atoms with Gasteiger partial charge in [0, 0.05) is 19.1 Å². The highest BCUT2D eigenvalue weighted by molar-refractivity contribution is 5.84. The van der Waals surface area contributed by atoms with E-state index in [2.05, 4.69) is 6.92 Å². The van der Waals surface area contributed by atoms with Crippen molar-refractivity contribution in [2.45, 2.75) is 31.7 Å². The van der Waals surface area contributed by atoms with Crippen molar-refractivity contribution in [2.75, 3.05) is 13.1 Å². The van der Waals surface area contributed by atoms with Crippen molar-refractivity contribution in [3.63, 3.8) is 0 Å². The second-order valence-corrected chi connectivity index (χ2v) is 4.70. The zero-order chi connectivity index (χ0) is 12.3. The molecule has 1 aromatic rings. The van der Waals surface area contributed by atoms with Crippen LogP contribution >= 0.6 is 0 Å². The topological polar surface area (TPSA) is 46.3 Å². The van der Waals surface area contributed by atoms with Crippen LogP contribution in [0.3, 0.4) is 0 Å². The van der Waals surface area contributed by atoms with Gasteiger partial charge in [-0.15, -0.1) is 0 Å². The van der Waals surface area contributed by atoms with Crippen LogP contribution in [0, 0.1) is 0 Å². The van der Waals surface area contributed by atoms with Gasteiger partial charge in [-0.05, 0) is 18.4 Å². The number of hydrogen-bond donors (Lipinski definition) is 1. The Morgan fingerprint density at radius 3 is 2.71 bits per heavy atom. The molecule has 17 heavy (non-hydrogen) atoms. The molecule has 0 aliphatic carbocycles. The summed E-state index contributed by atoms with van der Waals surface area (Å²) in [6, 6.07) is 10.2. The molecule has 1 heterocycles. The number of amides is 1. The lowest BCUT2D eigenvalue weighted by molar-refractivity contribution is -0.131. The zero-order valence-electron chi connectivity index (χ0n) is 10.3. The molecular weight excluding hydrogens is 212 g/mol. The molecule has 0 saturated carbocycles. The Hall–Kier alpha value is -1.35. The average molecular weight is 232 g/mol. The molecule has 0 bridgehead atoms. The first-order valence-electron chi connectivity index (χ1n) is 6.31. The highest BCUT2D eigenvalue weighted by Gasteiger charge is 2.29. The third-order valence-electron chi connectivity index (χ3n) is 3.44. The fourth-order valence-corrected chi connectivity index (χ4v) is 2.45. The number of carbonyl (C=O) groups excluding carboxylic acids is 1. The Bertz CT molecular complexity index is 377. The van der Waals surface area contributed by atoms with Crippen LogP contribution in [0.4, 0.5) is 0 Å². The van der Waals surface area contributed by atoms with E-state index in [0.717, 1.165) is 24.9 Å². The van der Waals surface area contributed by atoms with Crippen molar-refractivity contribution in [1.82, 2.24) is 4.90 Å². The summed E-state index contributed by atoms with van der Waals surface area (Å²) in [6.07, 6.45) is 1.77. The molecule has 2 N–H and O–H groups in total. The summed E-state index contributed by atoms with van der Waals surface area (Å²) in [7, 11) is 0. The standard InChI is InChI=1S/C14H20N2O/c1-2-13(11-6-4-3-5-7-11)14(17)16-9-8-12(15)10-16/h3-7,12-13H,2,8-10,15H2,1H3. The number of likely N-dealkylation sites (tertiary alicyclic amines) is 1. The normalized spacial score (nSPS) is 21.5. The van der Waals surface area contributed by atoms with Gasteiger partial charge >= 0.3 is 0 Å². The number of nitrogens with two attached hydrogens (primary N) is 1.